The molecule has 0 unspecified atom stereocenters. The molecule has 0 aliphatic heterocycles. The van der Waals surface area contributed by atoms with Crippen LogP contribution in [0.2, 0.25) is 0 Å². The number of methoxy groups -OCH3 is 2. The number of hydrogen-bond donors (Lipinski definition) is 1. The van der Waals surface area contributed by atoms with Gasteiger partial charge in [0, 0.05) is 33.0 Å². The average Bonchev–Trinajstić information content (AvgIpc) is 2.39. The van der Waals surface area contributed by atoms with E-state index in [1.54, 1.807) is 21.1 Å². The van der Waals surface area contributed by atoms with Gasteiger partial charge in [-0.25, -0.2) is 0 Å². The van der Waals surface area contributed by atoms with Crippen molar-refractivity contribution in [3.8, 4) is 0 Å². The van der Waals surface area contributed by atoms with Gasteiger partial charge in [-0.1, -0.05) is 12.1 Å². The minimum absolute atomic E-state index is 0.426. The van der Waals surface area contributed by atoms with E-state index in [0.29, 0.717) is 13.2 Å². The molecule has 0 saturated heterocycles. The SMILES string of the molecule is COCCN(CCOC)c1ccc([C@H](C)O)cc1. The first-order chi connectivity index (χ1) is 8.69. The summed E-state index contributed by atoms with van der Waals surface area (Å²) in [5, 5.41) is 9.48. The lowest BCUT2D eigenvalue weighted by Gasteiger charge is -2.24. The predicted octanol–water partition coefficient (Wildman–Crippen LogP) is 1.84. The summed E-state index contributed by atoms with van der Waals surface area (Å²) in [6.45, 7) is 4.79. The van der Waals surface area contributed by atoms with Crippen LogP contribution < -0.4 is 4.90 Å². The van der Waals surface area contributed by atoms with Crippen LogP contribution in [-0.2, 0) is 9.47 Å². The van der Waals surface area contributed by atoms with Crippen LogP contribution in [0.15, 0.2) is 24.3 Å². The summed E-state index contributed by atoms with van der Waals surface area (Å²) >= 11 is 0. The molecular weight excluding hydrogens is 230 g/mol. The van der Waals surface area contributed by atoms with Gasteiger partial charge in [-0.15, -0.1) is 0 Å². The summed E-state index contributed by atoms with van der Waals surface area (Å²) in [5.41, 5.74) is 2.05. The number of anilines is 1. The highest BCUT2D eigenvalue weighted by molar-refractivity contribution is 5.47. The van der Waals surface area contributed by atoms with Crippen LogP contribution in [0, 0.1) is 0 Å². The molecule has 1 aromatic rings. The van der Waals surface area contributed by atoms with E-state index < -0.39 is 6.10 Å². The maximum Gasteiger partial charge on any atom is 0.0761 e. The van der Waals surface area contributed by atoms with E-state index in [-0.39, 0.29) is 0 Å². The van der Waals surface area contributed by atoms with Crippen LogP contribution in [0.25, 0.3) is 0 Å². The molecule has 102 valence electrons. The molecule has 1 aromatic carbocycles. The minimum atomic E-state index is -0.426. The van der Waals surface area contributed by atoms with Gasteiger partial charge in [0.2, 0.25) is 0 Å². The van der Waals surface area contributed by atoms with Crippen molar-refractivity contribution in [3.63, 3.8) is 0 Å². The zero-order chi connectivity index (χ0) is 13.4. The summed E-state index contributed by atoms with van der Waals surface area (Å²) < 4.78 is 10.2. The molecule has 4 nitrogen and oxygen atoms in total. The molecule has 0 spiro atoms. The molecule has 1 atom stereocenters. The largest absolute Gasteiger partial charge is 0.389 e. The highest BCUT2D eigenvalue weighted by Gasteiger charge is 2.07. The van der Waals surface area contributed by atoms with Crippen molar-refractivity contribution in [1.29, 1.82) is 0 Å². The Morgan fingerprint density at radius 1 is 1.06 bits per heavy atom. The van der Waals surface area contributed by atoms with Crippen molar-refractivity contribution in [2.45, 2.75) is 13.0 Å². The molecule has 0 saturated carbocycles. The lowest BCUT2D eigenvalue weighted by atomic mass is 10.1. The number of nitrogens with zero attached hydrogens (tertiary/aromatic N) is 1. The molecule has 4 heteroatoms. The monoisotopic (exact) mass is 253 g/mol. The molecular formula is C14H23NO3. The highest BCUT2D eigenvalue weighted by Crippen LogP contribution is 2.18. The first-order valence-corrected chi connectivity index (χ1v) is 6.20. The Hall–Kier alpha value is -1.10. The van der Waals surface area contributed by atoms with Gasteiger partial charge in [0.25, 0.3) is 0 Å². The quantitative estimate of drug-likeness (QED) is 0.767. The van der Waals surface area contributed by atoms with E-state index >= 15 is 0 Å². The van der Waals surface area contributed by atoms with Crippen molar-refractivity contribution in [2.75, 3.05) is 45.4 Å². The fraction of sp³-hybridized carbons (Fsp3) is 0.571. The number of rotatable bonds is 8. The molecule has 0 aromatic heterocycles. The van der Waals surface area contributed by atoms with Crippen molar-refractivity contribution in [2.24, 2.45) is 0 Å². The third-order valence-corrected chi connectivity index (χ3v) is 2.87. The summed E-state index contributed by atoms with van der Waals surface area (Å²) in [5.74, 6) is 0. The molecule has 0 bridgehead atoms. The summed E-state index contributed by atoms with van der Waals surface area (Å²) in [6.07, 6.45) is -0.426. The Bertz CT molecular complexity index is 316. The lowest BCUT2D eigenvalue weighted by molar-refractivity contribution is 0.190. The molecule has 0 heterocycles. The second kappa shape index (κ2) is 8.08. The number of aliphatic hydroxyl groups is 1. The van der Waals surface area contributed by atoms with Gasteiger partial charge in [-0.2, -0.15) is 0 Å². The van der Waals surface area contributed by atoms with Gasteiger partial charge in [0.1, 0.15) is 0 Å². The number of aliphatic hydroxyl groups excluding tert-OH is 1. The van der Waals surface area contributed by atoms with Crippen LogP contribution in [0.1, 0.15) is 18.6 Å². The van der Waals surface area contributed by atoms with Crippen LogP contribution in [-0.4, -0.2) is 45.6 Å². The van der Waals surface area contributed by atoms with Gasteiger partial charge >= 0.3 is 0 Å². The van der Waals surface area contributed by atoms with Crippen LogP contribution in [0.4, 0.5) is 5.69 Å². The van der Waals surface area contributed by atoms with E-state index in [0.717, 1.165) is 24.3 Å². The fourth-order valence-electron chi connectivity index (χ4n) is 1.74. The summed E-state index contributed by atoms with van der Waals surface area (Å²) in [4.78, 5) is 2.21. The van der Waals surface area contributed by atoms with Crippen molar-refractivity contribution < 1.29 is 14.6 Å². The maximum absolute atomic E-state index is 9.48. The zero-order valence-corrected chi connectivity index (χ0v) is 11.4. The van der Waals surface area contributed by atoms with Crippen molar-refractivity contribution in [1.82, 2.24) is 0 Å². The van der Waals surface area contributed by atoms with Gasteiger partial charge in [0.05, 0.1) is 19.3 Å². The van der Waals surface area contributed by atoms with Crippen molar-refractivity contribution >= 4 is 5.69 Å². The van der Waals surface area contributed by atoms with E-state index in [4.69, 9.17) is 9.47 Å². The van der Waals surface area contributed by atoms with Crippen LogP contribution in [0.3, 0.4) is 0 Å². The van der Waals surface area contributed by atoms with Gasteiger partial charge in [0.15, 0.2) is 0 Å². The Kier molecular flexibility index (Phi) is 6.72. The number of ether oxygens (including phenoxy) is 2. The normalized spacial score (nSPS) is 12.4. The maximum atomic E-state index is 9.48. The van der Waals surface area contributed by atoms with E-state index in [1.807, 2.05) is 24.3 Å². The third-order valence-electron chi connectivity index (χ3n) is 2.87. The Labute approximate surface area is 109 Å². The fourth-order valence-corrected chi connectivity index (χ4v) is 1.74. The molecule has 0 radical (unpaired) electrons. The van der Waals surface area contributed by atoms with Crippen molar-refractivity contribution in [3.05, 3.63) is 29.8 Å². The second-order valence-electron chi connectivity index (χ2n) is 4.24. The van der Waals surface area contributed by atoms with E-state index in [9.17, 15) is 5.11 Å². The molecule has 1 rings (SSSR count). The minimum Gasteiger partial charge on any atom is -0.389 e. The van der Waals surface area contributed by atoms with Crippen LogP contribution in [0.5, 0.6) is 0 Å². The van der Waals surface area contributed by atoms with Gasteiger partial charge < -0.3 is 19.5 Å². The molecule has 18 heavy (non-hydrogen) atoms. The Morgan fingerprint density at radius 2 is 1.56 bits per heavy atom. The smallest absolute Gasteiger partial charge is 0.0761 e. The Balaban J connectivity index is 2.70. The van der Waals surface area contributed by atoms with Gasteiger partial charge in [-0.3, -0.25) is 0 Å². The Morgan fingerprint density at radius 3 is 1.94 bits per heavy atom. The number of hydrogen-bond acceptors (Lipinski definition) is 4. The predicted molar refractivity (Wildman–Crippen MR) is 73.0 cm³/mol. The zero-order valence-electron chi connectivity index (χ0n) is 11.4. The summed E-state index contributed by atoms with van der Waals surface area (Å²) in [7, 11) is 3.40. The van der Waals surface area contributed by atoms with E-state index in [2.05, 4.69) is 4.90 Å². The highest BCUT2D eigenvalue weighted by atomic mass is 16.5. The molecule has 0 amide bonds. The first kappa shape index (κ1) is 15.0. The lowest BCUT2D eigenvalue weighted by Crippen LogP contribution is -2.30. The molecule has 0 fully saturated rings. The molecule has 0 aliphatic carbocycles. The van der Waals surface area contributed by atoms with E-state index in [1.165, 1.54) is 0 Å². The standard InChI is InChI=1S/C14H23NO3/c1-12(16)13-4-6-14(7-5-13)15(8-10-17-2)9-11-18-3/h4-7,12,16H,8-11H2,1-3H3/t12-/m0/s1. The second-order valence-corrected chi connectivity index (χ2v) is 4.24. The molecule has 0 aliphatic rings. The van der Waals surface area contributed by atoms with Crippen LogP contribution >= 0.6 is 0 Å². The third kappa shape index (κ3) is 4.64. The summed E-state index contributed by atoms with van der Waals surface area (Å²) in [6, 6.07) is 7.94. The number of benzene rings is 1. The average molecular weight is 253 g/mol. The topological polar surface area (TPSA) is 41.9 Å². The molecule has 1 N–H and O–H groups in total. The van der Waals surface area contributed by atoms with Gasteiger partial charge in [-0.05, 0) is 24.6 Å². The first-order valence-electron chi connectivity index (χ1n) is 6.20.